The fraction of sp³-hybridized carbons (Fsp3) is 0.650. The minimum atomic E-state index is -0.0759. The van der Waals surface area contributed by atoms with E-state index in [1.54, 1.807) is 0 Å². The molecular formula is C20H31N3O2. The third-order valence-corrected chi connectivity index (χ3v) is 5.36. The van der Waals surface area contributed by atoms with E-state index in [1.165, 1.54) is 25.8 Å². The van der Waals surface area contributed by atoms with Gasteiger partial charge in [-0.3, -0.25) is 0 Å². The van der Waals surface area contributed by atoms with E-state index < -0.39 is 0 Å². The number of urea groups is 1. The molecule has 2 N–H and O–H groups in total. The highest BCUT2D eigenvalue weighted by Gasteiger charge is 2.22. The number of ether oxygens (including phenoxy) is 1. The lowest BCUT2D eigenvalue weighted by molar-refractivity contribution is 0.158. The Morgan fingerprint density at radius 3 is 3.00 bits per heavy atom. The third-order valence-electron chi connectivity index (χ3n) is 5.36. The van der Waals surface area contributed by atoms with Crippen LogP contribution in [0.1, 0.15) is 57.1 Å². The van der Waals surface area contributed by atoms with Gasteiger partial charge in [0.15, 0.2) is 0 Å². The van der Waals surface area contributed by atoms with Crippen LogP contribution in [-0.2, 0) is 0 Å². The molecule has 2 unspecified atom stereocenters. The van der Waals surface area contributed by atoms with Gasteiger partial charge in [0.05, 0.1) is 12.6 Å². The topological polar surface area (TPSA) is 53.6 Å². The monoisotopic (exact) mass is 345 g/mol. The van der Waals surface area contributed by atoms with Crippen molar-refractivity contribution in [3.05, 3.63) is 29.8 Å². The maximum absolute atomic E-state index is 12.2. The van der Waals surface area contributed by atoms with Crippen molar-refractivity contribution in [3.8, 4) is 5.75 Å². The molecule has 0 aliphatic carbocycles. The molecule has 1 fully saturated rings. The molecule has 0 radical (unpaired) electrons. The Morgan fingerprint density at radius 1 is 1.24 bits per heavy atom. The zero-order valence-corrected chi connectivity index (χ0v) is 15.3. The largest absolute Gasteiger partial charge is 0.493 e. The number of nitrogens with zero attached hydrogens (tertiary/aromatic N) is 1. The van der Waals surface area contributed by atoms with Gasteiger partial charge in [0.1, 0.15) is 5.75 Å². The lowest BCUT2D eigenvalue weighted by atomic mass is 10.0. The zero-order valence-electron chi connectivity index (χ0n) is 15.3. The summed E-state index contributed by atoms with van der Waals surface area (Å²) in [5.74, 6) is 0.884. The molecule has 2 aliphatic rings. The first-order valence-corrected chi connectivity index (χ1v) is 9.74. The van der Waals surface area contributed by atoms with Crippen LogP contribution < -0.4 is 15.4 Å². The molecule has 2 heterocycles. The van der Waals surface area contributed by atoms with Crippen molar-refractivity contribution in [2.45, 2.75) is 57.5 Å². The highest BCUT2D eigenvalue weighted by atomic mass is 16.5. The lowest BCUT2D eigenvalue weighted by Gasteiger charge is -2.33. The third kappa shape index (κ3) is 5.11. The van der Waals surface area contributed by atoms with Crippen molar-refractivity contribution in [2.75, 3.05) is 26.2 Å². The van der Waals surface area contributed by atoms with Gasteiger partial charge >= 0.3 is 6.03 Å². The average molecular weight is 345 g/mol. The van der Waals surface area contributed by atoms with Gasteiger partial charge in [-0.15, -0.1) is 0 Å². The second kappa shape index (κ2) is 9.09. The summed E-state index contributed by atoms with van der Waals surface area (Å²) in [5.41, 5.74) is 1.07. The number of hydrogen-bond acceptors (Lipinski definition) is 3. The van der Waals surface area contributed by atoms with Gasteiger partial charge in [-0.05, 0) is 51.8 Å². The summed E-state index contributed by atoms with van der Waals surface area (Å²) in [5, 5.41) is 6.08. The molecule has 25 heavy (non-hydrogen) atoms. The van der Waals surface area contributed by atoms with Crippen LogP contribution in [0.2, 0.25) is 0 Å². The molecule has 0 aromatic heterocycles. The van der Waals surface area contributed by atoms with Gasteiger partial charge < -0.3 is 20.3 Å². The molecule has 138 valence electrons. The summed E-state index contributed by atoms with van der Waals surface area (Å²) < 4.78 is 5.64. The van der Waals surface area contributed by atoms with E-state index in [1.807, 2.05) is 24.3 Å². The SMILES string of the molecule is CC1CCCCN1CCCCNC(=O)NC1CCOc2ccccc21. The highest BCUT2D eigenvalue weighted by molar-refractivity contribution is 5.74. The number of carbonyl (C=O) groups is 1. The van der Waals surface area contributed by atoms with Crippen molar-refractivity contribution < 1.29 is 9.53 Å². The summed E-state index contributed by atoms with van der Waals surface area (Å²) in [4.78, 5) is 14.8. The summed E-state index contributed by atoms with van der Waals surface area (Å²) >= 11 is 0. The predicted molar refractivity (Wildman–Crippen MR) is 99.9 cm³/mol. The van der Waals surface area contributed by atoms with E-state index in [0.29, 0.717) is 6.61 Å². The molecular weight excluding hydrogens is 314 g/mol. The van der Waals surface area contributed by atoms with Gasteiger partial charge in [0.2, 0.25) is 0 Å². The molecule has 1 aromatic rings. The van der Waals surface area contributed by atoms with Crippen LogP contribution in [0.3, 0.4) is 0 Å². The van der Waals surface area contributed by atoms with Crippen molar-refractivity contribution in [3.63, 3.8) is 0 Å². The van der Waals surface area contributed by atoms with Crippen molar-refractivity contribution in [1.29, 1.82) is 0 Å². The zero-order chi connectivity index (χ0) is 17.5. The first-order chi connectivity index (χ1) is 12.2. The molecule has 0 bridgehead atoms. The van der Waals surface area contributed by atoms with Gasteiger partial charge in [-0.2, -0.15) is 0 Å². The lowest BCUT2D eigenvalue weighted by Crippen LogP contribution is -2.40. The number of piperidine rings is 1. The molecule has 1 aromatic carbocycles. The van der Waals surface area contributed by atoms with E-state index in [2.05, 4.69) is 22.5 Å². The summed E-state index contributed by atoms with van der Waals surface area (Å²) in [6.45, 7) is 6.10. The molecule has 1 saturated heterocycles. The van der Waals surface area contributed by atoms with Crippen molar-refractivity contribution >= 4 is 6.03 Å². The normalized spacial score (nSPS) is 23.4. The molecule has 2 aliphatic heterocycles. The summed E-state index contributed by atoms with van der Waals surface area (Å²) in [7, 11) is 0. The van der Waals surface area contributed by atoms with Gasteiger partial charge in [0.25, 0.3) is 0 Å². The number of para-hydroxylation sites is 1. The molecule has 0 saturated carbocycles. The average Bonchev–Trinajstić information content (AvgIpc) is 2.63. The van der Waals surface area contributed by atoms with E-state index in [4.69, 9.17) is 4.74 Å². The predicted octanol–water partition coefficient (Wildman–Crippen LogP) is 3.46. The molecule has 2 atom stereocenters. The van der Waals surface area contributed by atoms with Crippen LogP contribution in [0.4, 0.5) is 4.79 Å². The molecule has 3 rings (SSSR count). The minimum Gasteiger partial charge on any atom is -0.493 e. The first kappa shape index (κ1) is 18.1. The maximum Gasteiger partial charge on any atom is 0.315 e. The number of carbonyl (C=O) groups excluding carboxylic acids is 1. The fourth-order valence-corrected chi connectivity index (χ4v) is 3.83. The standard InChI is InChI=1S/C20H31N3O2/c1-16-8-4-6-13-23(16)14-7-5-12-21-20(24)22-18-11-15-25-19-10-3-2-9-17(18)19/h2-3,9-10,16,18H,4-8,11-15H2,1H3,(H2,21,22,24). The number of likely N-dealkylation sites (tertiary alicyclic amines) is 1. The number of unbranched alkanes of at least 4 members (excludes halogenated alkanes) is 1. The number of nitrogens with one attached hydrogen (secondary N) is 2. The second-order valence-electron chi connectivity index (χ2n) is 7.22. The van der Waals surface area contributed by atoms with Crippen LogP contribution in [0, 0.1) is 0 Å². The number of hydrogen-bond donors (Lipinski definition) is 2. The van der Waals surface area contributed by atoms with Crippen LogP contribution in [0.25, 0.3) is 0 Å². The summed E-state index contributed by atoms with van der Waals surface area (Å²) in [6.07, 6.45) is 7.02. The maximum atomic E-state index is 12.2. The molecule has 0 spiro atoms. The fourth-order valence-electron chi connectivity index (χ4n) is 3.83. The quantitative estimate of drug-likeness (QED) is 0.776. The Morgan fingerprint density at radius 2 is 2.12 bits per heavy atom. The van der Waals surface area contributed by atoms with E-state index in [0.717, 1.165) is 49.7 Å². The van der Waals surface area contributed by atoms with Gasteiger partial charge in [-0.25, -0.2) is 4.79 Å². The van der Waals surface area contributed by atoms with Crippen LogP contribution >= 0.6 is 0 Å². The molecule has 5 nitrogen and oxygen atoms in total. The molecule has 5 heteroatoms. The smallest absolute Gasteiger partial charge is 0.315 e. The Hall–Kier alpha value is -1.75. The Kier molecular flexibility index (Phi) is 6.56. The van der Waals surface area contributed by atoms with E-state index in [9.17, 15) is 4.79 Å². The Labute approximate surface area is 151 Å². The Bertz CT molecular complexity index is 564. The molecule has 2 amide bonds. The minimum absolute atomic E-state index is 0.0409. The first-order valence-electron chi connectivity index (χ1n) is 9.74. The summed E-state index contributed by atoms with van der Waals surface area (Å²) in [6, 6.07) is 8.62. The van der Waals surface area contributed by atoms with Crippen LogP contribution in [0.15, 0.2) is 24.3 Å². The van der Waals surface area contributed by atoms with Gasteiger partial charge in [-0.1, -0.05) is 24.6 Å². The number of amides is 2. The van der Waals surface area contributed by atoms with E-state index >= 15 is 0 Å². The van der Waals surface area contributed by atoms with E-state index in [-0.39, 0.29) is 12.1 Å². The van der Waals surface area contributed by atoms with Gasteiger partial charge in [0, 0.05) is 24.6 Å². The van der Waals surface area contributed by atoms with Crippen LogP contribution in [-0.4, -0.2) is 43.2 Å². The Balaban J connectivity index is 1.34. The van der Waals surface area contributed by atoms with Crippen molar-refractivity contribution in [2.24, 2.45) is 0 Å². The highest BCUT2D eigenvalue weighted by Crippen LogP contribution is 2.31. The second-order valence-corrected chi connectivity index (χ2v) is 7.22. The number of benzene rings is 1. The van der Waals surface area contributed by atoms with Crippen LogP contribution in [0.5, 0.6) is 5.75 Å². The number of rotatable bonds is 6. The van der Waals surface area contributed by atoms with Crippen molar-refractivity contribution in [1.82, 2.24) is 15.5 Å². The number of fused-ring (bicyclic) bond motifs is 1.